The summed E-state index contributed by atoms with van der Waals surface area (Å²) in [6, 6.07) is 1.96. The van der Waals surface area contributed by atoms with Crippen LogP contribution >= 0.6 is 11.3 Å². The third-order valence-corrected chi connectivity index (χ3v) is 5.07. The Morgan fingerprint density at radius 2 is 2.25 bits per heavy atom. The van der Waals surface area contributed by atoms with Gasteiger partial charge in [-0.1, -0.05) is 0 Å². The van der Waals surface area contributed by atoms with Gasteiger partial charge in [-0.15, -0.1) is 0 Å². The molecule has 20 heavy (non-hydrogen) atoms. The highest BCUT2D eigenvalue weighted by Crippen LogP contribution is 2.42. The Kier molecular flexibility index (Phi) is 3.52. The zero-order valence-corrected chi connectivity index (χ0v) is 12.1. The molecule has 2 aliphatic heterocycles. The highest BCUT2D eigenvalue weighted by atomic mass is 32.1. The molecule has 0 bridgehead atoms. The maximum absolute atomic E-state index is 12.8. The third-order valence-electron chi connectivity index (χ3n) is 4.40. The Morgan fingerprint density at radius 1 is 1.40 bits per heavy atom. The fourth-order valence-corrected chi connectivity index (χ4v) is 3.94. The number of aliphatic hydroxyl groups is 1. The number of likely N-dealkylation sites (tertiary alicyclic amines) is 1. The molecule has 1 N–H and O–H groups in total. The third kappa shape index (κ3) is 2.13. The van der Waals surface area contributed by atoms with E-state index in [9.17, 15) is 9.59 Å². The van der Waals surface area contributed by atoms with Gasteiger partial charge in [-0.2, -0.15) is 11.3 Å². The number of anilines is 1. The van der Waals surface area contributed by atoms with Crippen LogP contribution in [0.15, 0.2) is 16.8 Å². The number of piperidine rings is 1. The van der Waals surface area contributed by atoms with E-state index in [2.05, 4.69) is 0 Å². The van der Waals surface area contributed by atoms with E-state index in [4.69, 9.17) is 5.11 Å². The van der Waals surface area contributed by atoms with E-state index in [1.165, 1.54) is 0 Å². The van der Waals surface area contributed by atoms with Crippen molar-refractivity contribution >= 4 is 28.8 Å². The minimum Gasteiger partial charge on any atom is -0.387 e. The van der Waals surface area contributed by atoms with E-state index in [0.29, 0.717) is 13.1 Å². The predicted octanol–water partition coefficient (Wildman–Crippen LogP) is 1.09. The number of nitrogens with zero attached hydrogens (tertiary/aromatic N) is 2. The Morgan fingerprint density at radius 3 is 2.95 bits per heavy atom. The SMILES string of the molecule is O=C(CO)N1CCC[C@@]2(CCN(c3ccsc3)C2=O)C1. The van der Waals surface area contributed by atoms with Gasteiger partial charge in [0.1, 0.15) is 6.61 Å². The number of hydrogen-bond donors (Lipinski definition) is 1. The Labute approximate surface area is 121 Å². The Hall–Kier alpha value is -1.40. The molecule has 1 atom stereocenters. The lowest BCUT2D eigenvalue weighted by atomic mass is 9.78. The second kappa shape index (κ2) is 5.18. The molecule has 3 heterocycles. The highest BCUT2D eigenvalue weighted by Gasteiger charge is 2.49. The first-order chi connectivity index (χ1) is 9.66. The van der Waals surface area contributed by atoms with Crippen LogP contribution in [-0.2, 0) is 9.59 Å². The maximum atomic E-state index is 12.8. The number of aliphatic hydroxyl groups excluding tert-OH is 1. The van der Waals surface area contributed by atoms with Gasteiger partial charge >= 0.3 is 0 Å². The van der Waals surface area contributed by atoms with E-state index in [0.717, 1.165) is 31.5 Å². The summed E-state index contributed by atoms with van der Waals surface area (Å²) in [7, 11) is 0. The number of amides is 2. The van der Waals surface area contributed by atoms with Crippen molar-refractivity contribution in [3.05, 3.63) is 16.8 Å². The van der Waals surface area contributed by atoms with Crippen molar-refractivity contribution < 1.29 is 14.7 Å². The van der Waals surface area contributed by atoms with Gasteiger partial charge in [0.2, 0.25) is 11.8 Å². The molecule has 1 spiro atoms. The minimum absolute atomic E-state index is 0.131. The molecule has 0 aromatic carbocycles. The molecule has 2 fully saturated rings. The zero-order chi connectivity index (χ0) is 14.2. The van der Waals surface area contributed by atoms with Gasteiger partial charge in [-0.25, -0.2) is 0 Å². The number of thiophene rings is 1. The number of carbonyl (C=O) groups is 2. The van der Waals surface area contributed by atoms with Crippen LogP contribution in [0.25, 0.3) is 0 Å². The summed E-state index contributed by atoms with van der Waals surface area (Å²) in [5, 5.41) is 13.0. The van der Waals surface area contributed by atoms with Crippen molar-refractivity contribution in [3.63, 3.8) is 0 Å². The molecule has 6 heteroatoms. The zero-order valence-electron chi connectivity index (χ0n) is 11.2. The fourth-order valence-electron chi connectivity index (χ4n) is 3.30. The van der Waals surface area contributed by atoms with Gasteiger partial charge in [0.05, 0.1) is 11.1 Å². The number of hydrogen-bond acceptors (Lipinski definition) is 4. The van der Waals surface area contributed by atoms with Gasteiger partial charge in [0.25, 0.3) is 0 Å². The van der Waals surface area contributed by atoms with Gasteiger partial charge < -0.3 is 14.9 Å². The molecule has 1 aromatic heterocycles. The quantitative estimate of drug-likeness (QED) is 0.888. The molecule has 2 aliphatic rings. The van der Waals surface area contributed by atoms with Crippen molar-refractivity contribution in [2.45, 2.75) is 19.3 Å². The summed E-state index contributed by atoms with van der Waals surface area (Å²) in [4.78, 5) is 27.9. The van der Waals surface area contributed by atoms with Crippen molar-refractivity contribution in [2.75, 3.05) is 31.1 Å². The first kappa shape index (κ1) is 13.6. The molecule has 0 radical (unpaired) electrons. The largest absolute Gasteiger partial charge is 0.387 e. The van der Waals surface area contributed by atoms with Crippen LogP contribution in [0.4, 0.5) is 5.69 Å². The summed E-state index contributed by atoms with van der Waals surface area (Å²) >= 11 is 1.58. The monoisotopic (exact) mass is 294 g/mol. The molecular formula is C14H18N2O3S. The van der Waals surface area contributed by atoms with E-state index < -0.39 is 12.0 Å². The first-order valence-corrected chi connectivity index (χ1v) is 7.83. The first-order valence-electron chi connectivity index (χ1n) is 6.89. The second-order valence-corrected chi connectivity index (χ2v) is 6.33. The summed E-state index contributed by atoms with van der Waals surface area (Å²) in [5.74, 6) is -0.141. The van der Waals surface area contributed by atoms with Gasteiger partial charge in [0.15, 0.2) is 0 Å². The predicted molar refractivity (Wildman–Crippen MR) is 76.6 cm³/mol. The fraction of sp³-hybridized carbons (Fsp3) is 0.571. The lowest BCUT2D eigenvalue weighted by molar-refractivity contribution is -0.140. The van der Waals surface area contributed by atoms with Crippen LogP contribution in [0.2, 0.25) is 0 Å². The van der Waals surface area contributed by atoms with Crippen LogP contribution in [0, 0.1) is 5.41 Å². The van der Waals surface area contributed by atoms with E-state index >= 15 is 0 Å². The van der Waals surface area contributed by atoms with Crippen molar-refractivity contribution in [2.24, 2.45) is 5.41 Å². The summed E-state index contributed by atoms with van der Waals surface area (Å²) in [6.45, 7) is 1.34. The lowest BCUT2D eigenvalue weighted by Crippen LogP contribution is -2.50. The van der Waals surface area contributed by atoms with Crippen LogP contribution in [0.5, 0.6) is 0 Å². The molecule has 0 aliphatic carbocycles. The van der Waals surface area contributed by atoms with Crippen LogP contribution in [0.1, 0.15) is 19.3 Å². The molecule has 1 aromatic rings. The summed E-state index contributed by atoms with van der Waals surface area (Å²) in [5.41, 5.74) is 0.521. The van der Waals surface area contributed by atoms with E-state index in [-0.39, 0.29) is 11.8 Å². The molecule has 0 saturated carbocycles. The molecule has 2 amide bonds. The molecular weight excluding hydrogens is 276 g/mol. The van der Waals surface area contributed by atoms with Crippen molar-refractivity contribution in [1.29, 1.82) is 0 Å². The maximum Gasteiger partial charge on any atom is 0.248 e. The second-order valence-electron chi connectivity index (χ2n) is 5.55. The topological polar surface area (TPSA) is 60.9 Å². The number of carbonyl (C=O) groups excluding carboxylic acids is 2. The molecule has 0 unspecified atom stereocenters. The molecule has 3 rings (SSSR count). The molecule has 2 saturated heterocycles. The van der Waals surface area contributed by atoms with Gasteiger partial charge in [-0.05, 0) is 30.7 Å². The Bertz CT molecular complexity index is 516. The normalized spacial score (nSPS) is 26.6. The van der Waals surface area contributed by atoms with Crippen molar-refractivity contribution in [3.8, 4) is 0 Å². The van der Waals surface area contributed by atoms with Crippen LogP contribution < -0.4 is 4.90 Å². The summed E-state index contributed by atoms with van der Waals surface area (Å²) < 4.78 is 0. The molecule has 108 valence electrons. The summed E-state index contributed by atoms with van der Waals surface area (Å²) in [6.07, 6.45) is 2.45. The van der Waals surface area contributed by atoms with Crippen molar-refractivity contribution in [1.82, 2.24) is 4.90 Å². The average molecular weight is 294 g/mol. The standard InChI is InChI=1S/C14H18N2O3S/c17-8-12(18)15-5-1-3-14(10-15)4-6-16(13(14)19)11-2-7-20-9-11/h2,7,9,17H,1,3-6,8,10H2/t14-/m1/s1. The van der Waals surface area contributed by atoms with Gasteiger partial charge in [-0.3, -0.25) is 9.59 Å². The van der Waals surface area contributed by atoms with Crippen LogP contribution in [-0.4, -0.2) is 48.1 Å². The average Bonchev–Trinajstić information content (AvgIpc) is 3.09. The Balaban J connectivity index is 1.79. The van der Waals surface area contributed by atoms with Gasteiger partial charge in [0, 0.05) is 25.0 Å². The molecule has 5 nitrogen and oxygen atoms in total. The highest BCUT2D eigenvalue weighted by molar-refractivity contribution is 7.08. The smallest absolute Gasteiger partial charge is 0.248 e. The van der Waals surface area contributed by atoms with Crippen LogP contribution in [0.3, 0.4) is 0 Å². The number of rotatable bonds is 2. The lowest BCUT2D eigenvalue weighted by Gasteiger charge is -2.38. The minimum atomic E-state index is -0.474. The van der Waals surface area contributed by atoms with E-state index in [1.807, 2.05) is 21.7 Å². The van der Waals surface area contributed by atoms with E-state index in [1.54, 1.807) is 16.2 Å².